The van der Waals surface area contributed by atoms with E-state index < -0.39 is 0 Å². The number of ether oxygens (including phenoxy) is 2. The van der Waals surface area contributed by atoms with Crippen LogP contribution in [0.3, 0.4) is 0 Å². The fourth-order valence-electron chi connectivity index (χ4n) is 2.25. The molecule has 0 saturated carbocycles. The molecule has 7 heteroatoms. The summed E-state index contributed by atoms with van der Waals surface area (Å²) < 4.78 is 16.3. The highest BCUT2D eigenvalue weighted by molar-refractivity contribution is 5.60. The van der Waals surface area contributed by atoms with E-state index in [0.717, 1.165) is 24.4 Å². The Kier molecular flexibility index (Phi) is 3.76. The normalized spacial score (nSPS) is 15.8. The number of nitrogens with zero attached hydrogens (tertiary/aromatic N) is 3. The van der Waals surface area contributed by atoms with Crippen LogP contribution in [0.15, 0.2) is 22.7 Å². The van der Waals surface area contributed by atoms with Gasteiger partial charge in [-0.15, -0.1) is 0 Å². The predicted octanol–water partition coefficient (Wildman–Crippen LogP) is 0.897. The summed E-state index contributed by atoms with van der Waals surface area (Å²) in [6.45, 7) is 2.08. The molecule has 0 spiro atoms. The highest BCUT2D eigenvalue weighted by Crippen LogP contribution is 2.33. The number of aromatic nitrogens is 2. The molecule has 21 heavy (non-hydrogen) atoms. The zero-order valence-corrected chi connectivity index (χ0v) is 12.1. The first-order valence-corrected chi connectivity index (χ1v) is 6.76. The summed E-state index contributed by atoms with van der Waals surface area (Å²) >= 11 is 0. The fraction of sp³-hybridized carbons (Fsp3) is 0.429. The Morgan fingerprint density at radius 2 is 2.19 bits per heavy atom. The van der Waals surface area contributed by atoms with Gasteiger partial charge in [0.1, 0.15) is 6.10 Å². The molecular weight excluding hydrogens is 272 g/mol. The van der Waals surface area contributed by atoms with Gasteiger partial charge in [-0.25, -0.2) is 0 Å². The van der Waals surface area contributed by atoms with E-state index in [1.54, 1.807) is 7.11 Å². The summed E-state index contributed by atoms with van der Waals surface area (Å²) in [6, 6.07) is 5.58. The van der Waals surface area contributed by atoms with Crippen molar-refractivity contribution in [3.63, 3.8) is 0 Å². The molecule has 2 N–H and O–H groups in total. The molecule has 1 saturated heterocycles. The summed E-state index contributed by atoms with van der Waals surface area (Å²) in [5.41, 5.74) is 6.26. The molecule has 0 radical (unpaired) electrons. The van der Waals surface area contributed by atoms with E-state index in [2.05, 4.69) is 22.1 Å². The van der Waals surface area contributed by atoms with E-state index >= 15 is 0 Å². The summed E-state index contributed by atoms with van der Waals surface area (Å²) in [5.74, 6) is 2.27. The van der Waals surface area contributed by atoms with Gasteiger partial charge in [0.2, 0.25) is 11.7 Å². The van der Waals surface area contributed by atoms with E-state index in [4.69, 9.17) is 19.7 Å². The lowest BCUT2D eigenvalue weighted by Crippen LogP contribution is -2.51. The number of hydrogen-bond donors (Lipinski definition) is 1. The minimum atomic E-state index is 0.212. The third-order valence-electron chi connectivity index (χ3n) is 3.39. The first-order valence-electron chi connectivity index (χ1n) is 6.76. The van der Waals surface area contributed by atoms with Crippen LogP contribution >= 0.6 is 0 Å². The lowest BCUT2D eigenvalue weighted by molar-refractivity contribution is 0.0370. The molecule has 3 rings (SSSR count). The van der Waals surface area contributed by atoms with Crippen molar-refractivity contribution in [3.05, 3.63) is 24.1 Å². The standard InChI is InChI=1S/C14H18N4O3/c1-18-7-10(8-18)20-11-4-3-9(5-12(11)19-2)14-16-13(6-15)21-17-14/h3-5,10H,6-8,15H2,1-2H3. The van der Waals surface area contributed by atoms with Crippen LogP contribution in [-0.2, 0) is 6.54 Å². The van der Waals surface area contributed by atoms with Gasteiger partial charge in [-0.2, -0.15) is 4.98 Å². The van der Waals surface area contributed by atoms with Gasteiger partial charge in [-0.1, -0.05) is 5.16 Å². The molecule has 0 unspecified atom stereocenters. The van der Waals surface area contributed by atoms with Crippen molar-refractivity contribution in [2.24, 2.45) is 5.73 Å². The van der Waals surface area contributed by atoms with Crippen LogP contribution in [-0.4, -0.2) is 48.4 Å². The molecular formula is C14H18N4O3. The number of benzene rings is 1. The van der Waals surface area contributed by atoms with E-state index in [1.165, 1.54) is 0 Å². The Bertz CT molecular complexity index is 622. The SMILES string of the molecule is COc1cc(-c2noc(CN)n2)ccc1OC1CN(C)C1. The van der Waals surface area contributed by atoms with Crippen LogP contribution in [0.4, 0.5) is 0 Å². The van der Waals surface area contributed by atoms with E-state index in [0.29, 0.717) is 17.5 Å². The second-order valence-corrected chi connectivity index (χ2v) is 5.04. The van der Waals surface area contributed by atoms with Gasteiger partial charge >= 0.3 is 0 Å². The van der Waals surface area contributed by atoms with Crippen LogP contribution in [0.25, 0.3) is 11.4 Å². The molecule has 7 nitrogen and oxygen atoms in total. The first-order chi connectivity index (χ1) is 10.2. The van der Waals surface area contributed by atoms with E-state index in [-0.39, 0.29) is 12.6 Å². The number of methoxy groups -OCH3 is 1. The Hall–Kier alpha value is -2.12. The molecule has 0 bridgehead atoms. The van der Waals surface area contributed by atoms with E-state index in [1.807, 2.05) is 18.2 Å². The average Bonchev–Trinajstić information content (AvgIpc) is 2.95. The summed E-state index contributed by atoms with van der Waals surface area (Å²) in [5, 5.41) is 3.89. The van der Waals surface area contributed by atoms with Gasteiger partial charge in [0.15, 0.2) is 11.5 Å². The smallest absolute Gasteiger partial charge is 0.240 e. The third kappa shape index (κ3) is 2.84. The number of rotatable bonds is 5. The van der Waals surface area contributed by atoms with E-state index in [9.17, 15) is 0 Å². The van der Waals surface area contributed by atoms with Crippen LogP contribution in [0, 0.1) is 0 Å². The van der Waals surface area contributed by atoms with Gasteiger partial charge in [0, 0.05) is 18.7 Å². The number of likely N-dealkylation sites (N-methyl/N-ethyl adjacent to an activating group) is 1. The lowest BCUT2D eigenvalue weighted by Gasteiger charge is -2.36. The van der Waals surface area contributed by atoms with Gasteiger partial charge in [0.25, 0.3) is 0 Å². The highest BCUT2D eigenvalue weighted by Gasteiger charge is 2.26. The van der Waals surface area contributed by atoms with Gasteiger partial charge < -0.3 is 19.7 Å². The Morgan fingerprint density at radius 3 is 2.81 bits per heavy atom. The average molecular weight is 290 g/mol. The predicted molar refractivity (Wildman–Crippen MR) is 76.1 cm³/mol. The number of hydrogen-bond acceptors (Lipinski definition) is 7. The van der Waals surface area contributed by atoms with Crippen LogP contribution in [0.2, 0.25) is 0 Å². The molecule has 2 aromatic rings. The topological polar surface area (TPSA) is 86.6 Å². The first kappa shape index (κ1) is 13.8. The maximum absolute atomic E-state index is 5.91. The van der Waals surface area contributed by atoms with Crippen molar-refractivity contribution in [1.82, 2.24) is 15.0 Å². The van der Waals surface area contributed by atoms with Crippen molar-refractivity contribution in [2.45, 2.75) is 12.6 Å². The fourth-order valence-corrected chi connectivity index (χ4v) is 2.25. The van der Waals surface area contributed by atoms with Crippen molar-refractivity contribution in [3.8, 4) is 22.9 Å². The summed E-state index contributed by atoms with van der Waals surface area (Å²) in [4.78, 5) is 6.39. The van der Waals surface area contributed by atoms with Crippen molar-refractivity contribution in [1.29, 1.82) is 0 Å². The molecule has 1 aliphatic rings. The largest absolute Gasteiger partial charge is 0.493 e. The Balaban J connectivity index is 1.81. The van der Waals surface area contributed by atoms with Crippen molar-refractivity contribution < 1.29 is 14.0 Å². The zero-order chi connectivity index (χ0) is 14.8. The van der Waals surface area contributed by atoms with Crippen LogP contribution in [0.5, 0.6) is 11.5 Å². The van der Waals surface area contributed by atoms with Gasteiger partial charge in [-0.3, -0.25) is 4.90 Å². The molecule has 0 aliphatic carbocycles. The van der Waals surface area contributed by atoms with Crippen molar-refractivity contribution in [2.75, 3.05) is 27.2 Å². The lowest BCUT2D eigenvalue weighted by atomic mass is 10.1. The number of likely N-dealkylation sites (tertiary alicyclic amines) is 1. The molecule has 112 valence electrons. The molecule has 2 heterocycles. The minimum Gasteiger partial charge on any atom is -0.493 e. The molecule has 0 atom stereocenters. The third-order valence-corrected chi connectivity index (χ3v) is 3.39. The molecule has 1 fully saturated rings. The summed E-state index contributed by atoms with van der Waals surface area (Å²) in [6.07, 6.45) is 0.212. The van der Waals surface area contributed by atoms with Crippen LogP contribution < -0.4 is 15.2 Å². The van der Waals surface area contributed by atoms with Crippen molar-refractivity contribution >= 4 is 0 Å². The molecule has 1 aromatic carbocycles. The van der Waals surface area contributed by atoms with Crippen LogP contribution in [0.1, 0.15) is 5.89 Å². The zero-order valence-electron chi connectivity index (χ0n) is 12.1. The Morgan fingerprint density at radius 1 is 1.38 bits per heavy atom. The van der Waals surface area contributed by atoms with Gasteiger partial charge in [0.05, 0.1) is 13.7 Å². The highest BCUT2D eigenvalue weighted by atomic mass is 16.5. The molecule has 1 aromatic heterocycles. The Labute approximate surface area is 122 Å². The molecule has 0 amide bonds. The maximum atomic E-state index is 5.91. The molecule has 1 aliphatic heterocycles. The second kappa shape index (κ2) is 5.71. The number of nitrogens with two attached hydrogens (primary N) is 1. The monoisotopic (exact) mass is 290 g/mol. The minimum absolute atomic E-state index is 0.212. The summed E-state index contributed by atoms with van der Waals surface area (Å²) in [7, 11) is 3.67. The quantitative estimate of drug-likeness (QED) is 0.875. The van der Waals surface area contributed by atoms with Gasteiger partial charge in [-0.05, 0) is 25.2 Å². The second-order valence-electron chi connectivity index (χ2n) is 5.04. The maximum Gasteiger partial charge on any atom is 0.240 e.